The molecular formula is C11H17N3O4S2. The maximum Gasteiger partial charge on any atom is 0.347 e. The van der Waals surface area contributed by atoms with Gasteiger partial charge in [0.1, 0.15) is 9.88 Å². The number of aryl methyl sites for hydroxylation is 1. The first kappa shape index (κ1) is 16.6. The molecule has 1 rings (SSSR count). The minimum absolute atomic E-state index is 0.124. The van der Waals surface area contributed by atoms with Gasteiger partial charge in [-0.2, -0.15) is 0 Å². The van der Waals surface area contributed by atoms with Crippen LogP contribution in [0.5, 0.6) is 0 Å². The van der Waals surface area contributed by atoms with Crippen molar-refractivity contribution in [2.75, 3.05) is 12.8 Å². The molecule has 0 saturated heterocycles. The number of hydrogen-bond donors (Lipinski definition) is 3. The molecule has 9 heteroatoms. The van der Waals surface area contributed by atoms with Crippen LogP contribution in [0.1, 0.15) is 27.3 Å². The van der Waals surface area contributed by atoms with Gasteiger partial charge in [0, 0.05) is 28.9 Å². The Kier molecular flexibility index (Phi) is 6.08. The second-order valence-electron chi connectivity index (χ2n) is 4.20. The van der Waals surface area contributed by atoms with E-state index in [2.05, 4.69) is 15.6 Å². The summed E-state index contributed by atoms with van der Waals surface area (Å²) in [5.41, 5.74) is 0.440. The highest BCUT2D eigenvalue weighted by Gasteiger charge is 2.14. The summed E-state index contributed by atoms with van der Waals surface area (Å²) in [6.07, 6.45) is 1.58. The Hall–Kier alpha value is -1.48. The molecule has 1 aromatic heterocycles. The summed E-state index contributed by atoms with van der Waals surface area (Å²) in [5.74, 6) is -1.02. The molecule has 7 nitrogen and oxygen atoms in total. The molecule has 0 spiro atoms. The average Bonchev–Trinajstić information content (AvgIpc) is 2.74. The number of amides is 2. The smallest absolute Gasteiger partial charge is 0.347 e. The van der Waals surface area contributed by atoms with Gasteiger partial charge in [-0.15, -0.1) is 11.3 Å². The van der Waals surface area contributed by atoms with Crippen molar-refractivity contribution in [2.45, 2.75) is 25.6 Å². The molecule has 112 valence electrons. The quantitative estimate of drug-likeness (QED) is 0.716. The Balaban J connectivity index is 2.43. The predicted molar refractivity (Wildman–Crippen MR) is 77.6 cm³/mol. The number of carbonyl (C=O) groups is 2. The van der Waals surface area contributed by atoms with E-state index in [1.165, 1.54) is 0 Å². The molecule has 0 aliphatic heterocycles. The molecular weight excluding hydrogens is 302 g/mol. The number of thiazole rings is 1. The first-order valence-corrected chi connectivity index (χ1v) is 8.28. The van der Waals surface area contributed by atoms with Gasteiger partial charge in [0.2, 0.25) is 0 Å². The number of nitrogens with one attached hydrogen (secondary N) is 2. The molecule has 2 amide bonds. The Bertz CT molecular complexity index is 530. The minimum Gasteiger partial charge on any atom is -0.477 e. The van der Waals surface area contributed by atoms with Crippen LogP contribution in [0.2, 0.25) is 0 Å². The van der Waals surface area contributed by atoms with Gasteiger partial charge in [-0.3, -0.25) is 4.21 Å². The summed E-state index contributed by atoms with van der Waals surface area (Å²) >= 11 is 1.04. The number of carbonyl (C=O) groups excluding carboxylic acids is 1. The number of urea groups is 1. The van der Waals surface area contributed by atoms with Crippen LogP contribution in [-0.2, 0) is 17.3 Å². The van der Waals surface area contributed by atoms with Crippen LogP contribution in [0.25, 0.3) is 0 Å². The van der Waals surface area contributed by atoms with Gasteiger partial charge in [0.15, 0.2) is 0 Å². The Labute approximate surface area is 123 Å². The van der Waals surface area contributed by atoms with Crippen molar-refractivity contribution in [2.24, 2.45) is 0 Å². The van der Waals surface area contributed by atoms with Crippen LogP contribution < -0.4 is 10.6 Å². The van der Waals surface area contributed by atoms with E-state index in [1.54, 1.807) is 20.1 Å². The lowest BCUT2D eigenvalue weighted by Gasteiger charge is -2.10. The van der Waals surface area contributed by atoms with Crippen LogP contribution in [-0.4, -0.2) is 44.4 Å². The zero-order valence-corrected chi connectivity index (χ0v) is 13.1. The maximum absolute atomic E-state index is 11.5. The Morgan fingerprint density at radius 2 is 2.10 bits per heavy atom. The lowest BCUT2D eigenvalue weighted by Crippen LogP contribution is -2.39. The van der Waals surface area contributed by atoms with Crippen molar-refractivity contribution < 1.29 is 18.9 Å². The lowest BCUT2D eigenvalue weighted by atomic mass is 10.4. The molecule has 0 aromatic carbocycles. The third kappa shape index (κ3) is 4.89. The van der Waals surface area contributed by atoms with Crippen LogP contribution in [0.3, 0.4) is 0 Å². The van der Waals surface area contributed by atoms with E-state index < -0.39 is 22.8 Å². The number of nitrogens with zero attached hydrogens (tertiary/aromatic N) is 1. The van der Waals surface area contributed by atoms with E-state index in [1.807, 2.05) is 0 Å². The highest BCUT2D eigenvalue weighted by molar-refractivity contribution is 7.84. The molecule has 20 heavy (non-hydrogen) atoms. The van der Waals surface area contributed by atoms with E-state index in [9.17, 15) is 13.8 Å². The molecule has 2 unspecified atom stereocenters. The zero-order valence-electron chi connectivity index (χ0n) is 11.4. The van der Waals surface area contributed by atoms with Gasteiger partial charge in [-0.1, -0.05) is 0 Å². The van der Waals surface area contributed by atoms with Gasteiger partial charge in [-0.25, -0.2) is 14.6 Å². The summed E-state index contributed by atoms with van der Waals surface area (Å²) in [6.45, 7) is 3.86. The number of rotatable bonds is 6. The molecule has 0 radical (unpaired) electrons. The fourth-order valence-corrected chi connectivity index (χ4v) is 2.46. The Morgan fingerprint density at radius 3 is 2.60 bits per heavy atom. The molecule has 0 bridgehead atoms. The second kappa shape index (κ2) is 7.34. The fraction of sp³-hybridized carbons (Fsp3) is 0.545. The van der Waals surface area contributed by atoms with E-state index in [0.29, 0.717) is 17.2 Å². The molecule has 3 N–H and O–H groups in total. The van der Waals surface area contributed by atoms with Crippen LogP contribution in [0, 0.1) is 6.92 Å². The highest BCUT2D eigenvalue weighted by atomic mass is 32.2. The highest BCUT2D eigenvalue weighted by Crippen LogP contribution is 2.17. The monoisotopic (exact) mass is 319 g/mol. The first-order valence-electron chi connectivity index (χ1n) is 5.84. The summed E-state index contributed by atoms with van der Waals surface area (Å²) in [4.78, 5) is 26.6. The number of aromatic nitrogens is 1. The summed E-state index contributed by atoms with van der Waals surface area (Å²) in [6, 6.07) is -0.396. The standard InChI is InChI=1S/C11H17N3O4S2/c1-6(20(3)18)4-12-11(17)13-5-8-14-7(2)9(19-8)10(15)16/h6H,4-5H2,1-3H3,(H,15,16)(H2,12,13,17). The van der Waals surface area contributed by atoms with Crippen molar-refractivity contribution in [1.82, 2.24) is 15.6 Å². The number of carboxylic acids is 1. The third-order valence-corrected chi connectivity index (χ3v) is 5.00. The molecule has 2 atom stereocenters. The number of hydrogen-bond acceptors (Lipinski definition) is 5. The molecule has 0 saturated carbocycles. The normalized spacial score (nSPS) is 13.6. The largest absolute Gasteiger partial charge is 0.477 e. The van der Waals surface area contributed by atoms with Crippen molar-refractivity contribution >= 4 is 34.1 Å². The summed E-state index contributed by atoms with van der Waals surface area (Å²) < 4.78 is 11.1. The van der Waals surface area contributed by atoms with Crippen molar-refractivity contribution in [1.29, 1.82) is 0 Å². The third-order valence-electron chi connectivity index (χ3n) is 2.55. The molecule has 1 heterocycles. The van der Waals surface area contributed by atoms with Gasteiger partial charge >= 0.3 is 12.0 Å². The van der Waals surface area contributed by atoms with Gasteiger partial charge in [0.05, 0.1) is 12.2 Å². The Morgan fingerprint density at radius 1 is 1.45 bits per heavy atom. The fourth-order valence-electron chi connectivity index (χ4n) is 1.30. The van der Waals surface area contributed by atoms with E-state index >= 15 is 0 Å². The molecule has 0 aliphatic rings. The van der Waals surface area contributed by atoms with Crippen molar-refractivity contribution in [3.05, 3.63) is 15.6 Å². The molecule has 0 aliphatic carbocycles. The minimum atomic E-state index is -1.02. The van der Waals surface area contributed by atoms with Crippen molar-refractivity contribution in [3.8, 4) is 0 Å². The number of aromatic carboxylic acids is 1. The maximum atomic E-state index is 11.5. The van der Waals surface area contributed by atoms with E-state index in [0.717, 1.165) is 11.3 Å². The van der Waals surface area contributed by atoms with Crippen molar-refractivity contribution in [3.63, 3.8) is 0 Å². The molecule has 0 fully saturated rings. The first-order chi connectivity index (χ1) is 9.31. The van der Waals surface area contributed by atoms with Crippen LogP contribution in [0.4, 0.5) is 4.79 Å². The van der Waals surface area contributed by atoms with E-state index in [-0.39, 0.29) is 16.7 Å². The lowest BCUT2D eigenvalue weighted by molar-refractivity contribution is 0.0701. The SMILES string of the molecule is Cc1nc(CNC(=O)NCC(C)S(C)=O)sc1C(=O)O. The molecule has 1 aromatic rings. The van der Waals surface area contributed by atoms with Gasteiger partial charge in [0.25, 0.3) is 0 Å². The van der Waals surface area contributed by atoms with Crippen LogP contribution in [0.15, 0.2) is 0 Å². The zero-order chi connectivity index (χ0) is 15.3. The van der Waals surface area contributed by atoms with Gasteiger partial charge in [-0.05, 0) is 13.8 Å². The summed E-state index contributed by atoms with van der Waals surface area (Å²) in [5, 5.41) is 14.5. The van der Waals surface area contributed by atoms with Crippen LogP contribution >= 0.6 is 11.3 Å². The predicted octanol–water partition coefficient (Wildman–Crippen LogP) is 0.716. The average molecular weight is 319 g/mol. The summed E-state index contributed by atoms with van der Waals surface area (Å²) in [7, 11) is -0.990. The van der Waals surface area contributed by atoms with E-state index in [4.69, 9.17) is 5.11 Å². The topological polar surface area (TPSA) is 108 Å². The van der Waals surface area contributed by atoms with Gasteiger partial charge < -0.3 is 15.7 Å². The second-order valence-corrected chi connectivity index (χ2v) is 7.09. The number of carboxylic acid groups (broad SMARTS) is 1.